The molecule has 1 aromatic rings. The summed E-state index contributed by atoms with van der Waals surface area (Å²) in [5.74, 6) is -2.27. The highest BCUT2D eigenvalue weighted by molar-refractivity contribution is 7.85. The maximum absolute atomic E-state index is 13.3. The first-order chi connectivity index (χ1) is 10.4. The monoisotopic (exact) mass is 356 g/mol. The standard InChI is InChI=1S/C14H19F3O5S/c1-3-5-9-8(2)12(18)10(6-4-7-23(20,21)22)11(13(9)19)14(15,16)17/h18-19H,3-7H2,1-2H3,(H,20,21,22). The molecular formula is C14H19F3O5S. The second kappa shape index (κ2) is 6.96. The summed E-state index contributed by atoms with van der Waals surface area (Å²) in [7, 11) is -4.32. The van der Waals surface area contributed by atoms with Crippen molar-refractivity contribution in [3.63, 3.8) is 0 Å². The lowest BCUT2D eigenvalue weighted by molar-refractivity contribution is -0.139. The highest BCUT2D eigenvalue weighted by Gasteiger charge is 2.39. The molecule has 0 atom stereocenters. The normalized spacial score (nSPS) is 12.6. The van der Waals surface area contributed by atoms with Crippen LogP contribution in [0.4, 0.5) is 13.2 Å². The molecule has 5 nitrogen and oxygen atoms in total. The van der Waals surface area contributed by atoms with Crippen molar-refractivity contribution in [2.75, 3.05) is 5.75 Å². The number of phenols is 2. The minimum Gasteiger partial charge on any atom is -0.507 e. The molecule has 0 unspecified atom stereocenters. The molecule has 0 aliphatic carbocycles. The van der Waals surface area contributed by atoms with E-state index >= 15 is 0 Å². The fourth-order valence-corrected chi connectivity index (χ4v) is 3.00. The number of aromatic hydroxyl groups is 2. The van der Waals surface area contributed by atoms with Crippen LogP contribution in [0.1, 0.15) is 42.0 Å². The molecule has 0 aromatic heterocycles. The Morgan fingerprint density at radius 2 is 1.61 bits per heavy atom. The summed E-state index contributed by atoms with van der Waals surface area (Å²) in [6, 6.07) is 0. The molecule has 0 bridgehead atoms. The SMILES string of the molecule is CCCc1c(C)c(O)c(CCCS(=O)(=O)O)c(C(F)(F)F)c1O. The Labute approximate surface area is 132 Å². The minimum absolute atomic E-state index is 0.0239. The molecule has 0 aliphatic heterocycles. The van der Waals surface area contributed by atoms with Crippen LogP contribution in [0.15, 0.2) is 0 Å². The van der Waals surface area contributed by atoms with Gasteiger partial charge >= 0.3 is 6.18 Å². The molecule has 0 heterocycles. The van der Waals surface area contributed by atoms with E-state index < -0.39 is 51.1 Å². The Morgan fingerprint density at radius 1 is 1.04 bits per heavy atom. The molecule has 132 valence electrons. The molecule has 0 spiro atoms. The molecule has 0 radical (unpaired) electrons. The number of halogens is 3. The topological polar surface area (TPSA) is 94.8 Å². The lowest BCUT2D eigenvalue weighted by atomic mass is 9.91. The second-order valence-electron chi connectivity index (χ2n) is 5.29. The first-order valence-electron chi connectivity index (χ1n) is 6.98. The van der Waals surface area contributed by atoms with Crippen LogP contribution in [0.25, 0.3) is 0 Å². The summed E-state index contributed by atoms with van der Waals surface area (Å²) in [6.07, 6.45) is -5.01. The van der Waals surface area contributed by atoms with E-state index in [1.54, 1.807) is 6.92 Å². The van der Waals surface area contributed by atoms with Gasteiger partial charge in [0.05, 0.1) is 5.75 Å². The Kier molecular flexibility index (Phi) is 5.92. The van der Waals surface area contributed by atoms with Gasteiger partial charge in [-0.3, -0.25) is 4.55 Å². The smallest absolute Gasteiger partial charge is 0.420 e. The van der Waals surface area contributed by atoms with Crippen molar-refractivity contribution in [3.05, 3.63) is 22.3 Å². The van der Waals surface area contributed by atoms with Crippen LogP contribution in [-0.4, -0.2) is 28.9 Å². The number of rotatable bonds is 6. The molecule has 0 aliphatic rings. The van der Waals surface area contributed by atoms with E-state index in [1.807, 2.05) is 0 Å². The predicted octanol–water partition coefficient (Wildman–Crippen LogP) is 3.20. The van der Waals surface area contributed by atoms with Crippen molar-refractivity contribution in [3.8, 4) is 11.5 Å². The Hall–Kier alpha value is -1.48. The van der Waals surface area contributed by atoms with Crippen molar-refractivity contribution in [1.29, 1.82) is 0 Å². The molecule has 0 saturated heterocycles. The fraction of sp³-hybridized carbons (Fsp3) is 0.571. The average Bonchev–Trinajstić information content (AvgIpc) is 2.37. The van der Waals surface area contributed by atoms with Crippen LogP contribution in [-0.2, 0) is 29.1 Å². The third-order valence-corrected chi connectivity index (χ3v) is 4.34. The van der Waals surface area contributed by atoms with Crippen LogP contribution in [0.3, 0.4) is 0 Å². The molecule has 3 N–H and O–H groups in total. The van der Waals surface area contributed by atoms with Gasteiger partial charge in [-0.25, -0.2) is 0 Å². The van der Waals surface area contributed by atoms with Crippen LogP contribution in [0.5, 0.6) is 11.5 Å². The molecule has 0 saturated carbocycles. The average molecular weight is 356 g/mol. The van der Waals surface area contributed by atoms with Gasteiger partial charge in [0, 0.05) is 11.1 Å². The van der Waals surface area contributed by atoms with Gasteiger partial charge in [0.1, 0.15) is 17.1 Å². The van der Waals surface area contributed by atoms with Crippen LogP contribution < -0.4 is 0 Å². The van der Waals surface area contributed by atoms with Crippen molar-refractivity contribution in [2.24, 2.45) is 0 Å². The molecule has 1 rings (SSSR count). The molecule has 0 amide bonds. The van der Waals surface area contributed by atoms with Gasteiger partial charge in [-0.15, -0.1) is 0 Å². The zero-order valence-corrected chi connectivity index (χ0v) is 13.6. The largest absolute Gasteiger partial charge is 0.507 e. The quantitative estimate of drug-likeness (QED) is 0.537. The third kappa shape index (κ3) is 4.74. The Bertz CT molecular complexity index is 681. The van der Waals surface area contributed by atoms with Gasteiger partial charge in [0.2, 0.25) is 0 Å². The summed E-state index contributed by atoms with van der Waals surface area (Å²) < 4.78 is 69.8. The lowest BCUT2D eigenvalue weighted by Gasteiger charge is -2.21. The molecule has 1 aromatic carbocycles. The zero-order valence-electron chi connectivity index (χ0n) is 12.7. The van der Waals surface area contributed by atoms with E-state index in [0.29, 0.717) is 6.42 Å². The first kappa shape index (κ1) is 19.6. The number of alkyl halides is 3. The summed E-state index contributed by atoms with van der Waals surface area (Å²) in [5, 5.41) is 20.1. The number of hydrogen-bond donors (Lipinski definition) is 3. The third-order valence-electron chi connectivity index (χ3n) is 3.53. The van der Waals surface area contributed by atoms with Crippen LogP contribution >= 0.6 is 0 Å². The van der Waals surface area contributed by atoms with Gasteiger partial charge < -0.3 is 10.2 Å². The van der Waals surface area contributed by atoms with Gasteiger partial charge in [0.15, 0.2) is 0 Å². The van der Waals surface area contributed by atoms with Gasteiger partial charge in [0.25, 0.3) is 10.1 Å². The highest BCUT2D eigenvalue weighted by Crippen LogP contribution is 2.46. The predicted molar refractivity (Wildman–Crippen MR) is 78.2 cm³/mol. The van der Waals surface area contributed by atoms with E-state index in [0.717, 1.165) is 0 Å². The fourth-order valence-electron chi connectivity index (χ4n) is 2.50. The molecular weight excluding hydrogens is 337 g/mol. The van der Waals surface area contributed by atoms with Gasteiger partial charge in [-0.05, 0) is 31.7 Å². The summed E-state index contributed by atoms with van der Waals surface area (Å²) in [4.78, 5) is 0. The van der Waals surface area contributed by atoms with Crippen molar-refractivity contribution >= 4 is 10.1 Å². The second-order valence-corrected chi connectivity index (χ2v) is 6.86. The van der Waals surface area contributed by atoms with E-state index in [1.165, 1.54) is 6.92 Å². The number of benzene rings is 1. The maximum Gasteiger partial charge on any atom is 0.420 e. The summed E-state index contributed by atoms with van der Waals surface area (Å²) in [6.45, 7) is 3.12. The van der Waals surface area contributed by atoms with Crippen LogP contribution in [0.2, 0.25) is 0 Å². The van der Waals surface area contributed by atoms with E-state index in [-0.39, 0.29) is 24.0 Å². The molecule has 23 heavy (non-hydrogen) atoms. The van der Waals surface area contributed by atoms with Crippen molar-refractivity contribution < 1.29 is 36.4 Å². The van der Waals surface area contributed by atoms with E-state index in [4.69, 9.17) is 4.55 Å². The zero-order chi connectivity index (χ0) is 18.0. The Morgan fingerprint density at radius 3 is 2.04 bits per heavy atom. The lowest BCUT2D eigenvalue weighted by Crippen LogP contribution is -2.14. The van der Waals surface area contributed by atoms with E-state index in [9.17, 15) is 31.8 Å². The van der Waals surface area contributed by atoms with Gasteiger partial charge in [-0.2, -0.15) is 21.6 Å². The first-order valence-corrected chi connectivity index (χ1v) is 8.59. The maximum atomic E-state index is 13.3. The van der Waals surface area contributed by atoms with E-state index in [2.05, 4.69) is 0 Å². The van der Waals surface area contributed by atoms with Gasteiger partial charge in [-0.1, -0.05) is 13.3 Å². The van der Waals surface area contributed by atoms with Crippen molar-refractivity contribution in [1.82, 2.24) is 0 Å². The highest BCUT2D eigenvalue weighted by atomic mass is 32.2. The minimum atomic E-state index is -4.90. The van der Waals surface area contributed by atoms with Crippen LogP contribution in [0, 0.1) is 6.92 Å². The molecule has 0 fully saturated rings. The Balaban J connectivity index is 3.43. The number of phenolic OH excluding ortho intramolecular Hbond substituents is 2. The van der Waals surface area contributed by atoms with Crippen molar-refractivity contribution in [2.45, 2.75) is 45.7 Å². The summed E-state index contributed by atoms with van der Waals surface area (Å²) >= 11 is 0. The molecule has 9 heteroatoms. The summed E-state index contributed by atoms with van der Waals surface area (Å²) in [5.41, 5.74) is -1.74. The number of hydrogen-bond acceptors (Lipinski definition) is 4.